The molecule has 2 rings (SSSR count). The van der Waals surface area contributed by atoms with Gasteiger partial charge >= 0.3 is 0 Å². The highest BCUT2D eigenvalue weighted by Crippen LogP contribution is 2.28. The van der Waals surface area contributed by atoms with Crippen LogP contribution in [0.5, 0.6) is 5.75 Å². The quantitative estimate of drug-likeness (QED) is 0.743. The summed E-state index contributed by atoms with van der Waals surface area (Å²) in [5.41, 5.74) is 1.95. The minimum Gasteiger partial charge on any atom is -0.482 e. The minimum atomic E-state index is -0.0859. The Hall–Kier alpha value is -1.55. The molecule has 1 amide bonds. The summed E-state index contributed by atoms with van der Waals surface area (Å²) < 4.78 is 5.33. The summed E-state index contributed by atoms with van der Waals surface area (Å²) in [6, 6.07) is 5.93. The maximum absolute atomic E-state index is 11.2. The van der Waals surface area contributed by atoms with E-state index in [1.54, 1.807) is 0 Å². The zero-order chi connectivity index (χ0) is 13.5. The van der Waals surface area contributed by atoms with Crippen LogP contribution in [-0.4, -0.2) is 19.1 Å². The van der Waals surface area contributed by atoms with Crippen LogP contribution < -0.4 is 15.4 Å². The molecule has 1 heterocycles. The molecule has 0 fully saturated rings. The number of anilines is 1. The minimum absolute atomic E-state index is 0.0859. The van der Waals surface area contributed by atoms with Crippen LogP contribution in [-0.2, 0) is 11.3 Å². The largest absolute Gasteiger partial charge is 0.482 e. The number of carbonyl (C=O) groups excluding carboxylic acids is 1. The van der Waals surface area contributed by atoms with Crippen molar-refractivity contribution in [2.45, 2.75) is 39.2 Å². The van der Waals surface area contributed by atoms with Crippen LogP contribution in [0, 0.1) is 0 Å². The van der Waals surface area contributed by atoms with Crippen molar-refractivity contribution in [3.05, 3.63) is 23.8 Å². The summed E-state index contributed by atoms with van der Waals surface area (Å²) in [6.45, 7) is 4.20. The number of nitrogens with one attached hydrogen (secondary N) is 2. The predicted octanol–water partition coefficient (Wildman–Crippen LogP) is 2.69. The number of hydrogen-bond donors (Lipinski definition) is 2. The number of hydrogen-bond acceptors (Lipinski definition) is 3. The molecule has 0 bridgehead atoms. The highest BCUT2D eigenvalue weighted by Gasteiger charge is 2.15. The third-order valence-electron chi connectivity index (χ3n) is 3.21. The molecule has 4 nitrogen and oxygen atoms in total. The highest BCUT2D eigenvalue weighted by molar-refractivity contribution is 5.95. The van der Waals surface area contributed by atoms with Crippen molar-refractivity contribution in [3.63, 3.8) is 0 Å². The van der Waals surface area contributed by atoms with E-state index in [2.05, 4.69) is 17.6 Å². The molecule has 0 unspecified atom stereocenters. The zero-order valence-corrected chi connectivity index (χ0v) is 11.5. The van der Waals surface area contributed by atoms with Gasteiger partial charge in [-0.15, -0.1) is 0 Å². The predicted molar refractivity (Wildman–Crippen MR) is 76.4 cm³/mol. The average Bonchev–Trinajstić information content (AvgIpc) is 2.42. The summed E-state index contributed by atoms with van der Waals surface area (Å²) in [7, 11) is 0. The molecule has 0 aliphatic carbocycles. The van der Waals surface area contributed by atoms with Gasteiger partial charge in [-0.05, 0) is 30.7 Å². The molecule has 0 saturated heterocycles. The van der Waals surface area contributed by atoms with E-state index in [1.807, 2.05) is 18.2 Å². The molecule has 2 N–H and O–H groups in total. The third-order valence-corrected chi connectivity index (χ3v) is 3.21. The lowest BCUT2D eigenvalue weighted by Crippen LogP contribution is -2.25. The number of amides is 1. The maximum atomic E-state index is 11.2. The smallest absolute Gasteiger partial charge is 0.262 e. The van der Waals surface area contributed by atoms with Gasteiger partial charge in [-0.25, -0.2) is 0 Å². The number of rotatable bonds is 7. The molecule has 1 aliphatic rings. The van der Waals surface area contributed by atoms with Gasteiger partial charge in [0.05, 0.1) is 5.69 Å². The lowest BCUT2D eigenvalue weighted by molar-refractivity contribution is -0.118. The van der Waals surface area contributed by atoms with Crippen LogP contribution in [0.2, 0.25) is 0 Å². The Labute approximate surface area is 114 Å². The Bertz CT molecular complexity index is 432. The molecule has 0 aromatic heterocycles. The molecule has 19 heavy (non-hydrogen) atoms. The second-order valence-electron chi connectivity index (χ2n) is 4.90. The summed E-state index contributed by atoms with van der Waals surface area (Å²) in [5, 5.41) is 6.25. The van der Waals surface area contributed by atoms with Gasteiger partial charge in [0, 0.05) is 6.54 Å². The first-order valence-corrected chi connectivity index (χ1v) is 7.06. The number of benzene rings is 1. The summed E-state index contributed by atoms with van der Waals surface area (Å²) in [6.07, 6.45) is 5.09. The van der Waals surface area contributed by atoms with E-state index in [4.69, 9.17) is 4.74 Å². The van der Waals surface area contributed by atoms with Gasteiger partial charge in [-0.2, -0.15) is 0 Å². The number of fused-ring (bicyclic) bond motifs is 1. The van der Waals surface area contributed by atoms with Crippen molar-refractivity contribution in [3.8, 4) is 5.75 Å². The second-order valence-corrected chi connectivity index (χ2v) is 4.90. The van der Waals surface area contributed by atoms with E-state index in [9.17, 15) is 4.79 Å². The van der Waals surface area contributed by atoms with Gasteiger partial charge in [0.2, 0.25) is 0 Å². The van der Waals surface area contributed by atoms with Crippen LogP contribution in [0.4, 0.5) is 5.69 Å². The van der Waals surface area contributed by atoms with Gasteiger partial charge in [-0.1, -0.05) is 32.3 Å². The van der Waals surface area contributed by atoms with Crippen molar-refractivity contribution < 1.29 is 9.53 Å². The lowest BCUT2D eigenvalue weighted by atomic mass is 10.1. The van der Waals surface area contributed by atoms with Crippen LogP contribution in [0.3, 0.4) is 0 Å². The fraction of sp³-hybridized carbons (Fsp3) is 0.533. The first kappa shape index (κ1) is 13.9. The fourth-order valence-electron chi connectivity index (χ4n) is 2.15. The molecule has 0 radical (unpaired) electrons. The first-order chi connectivity index (χ1) is 9.29. The lowest BCUT2D eigenvalue weighted by Gasteiger charge is -2.18. The fourth-order valence-corrected chi connectivity index (χ4v) is 2.15. The Morgan fingerprint density at radius 2 is 2.21 bits per heavy atom. The van der Waals surface area contributed by atoms with Crippen molar-refractivity contribution in [1.82, 2.24) is 5.32 Å². The van der Waals surface area contributed by atoms with Crippen LogP contribution in [0.25, 0.3) is 0 Å². The van der Waals surface area contributed by atoms with Crippen molar-refractivity contribution >= 4 is 11.6 Å². The Morgan fingerprint density at radius 1 is 1.32 bits per heavy atom. The van der Waals surface area contributed by atoms with E-state index in [0.29, 0.717) is 0 Å². The zero-order valence-electron chi connectivity index (χ0n) is 11.5. The van der Waals surface area contributed by atoms with E-state index in [-0.39, 0.29) is 12.5 Å². The Morgan fingerprint density at radius 3 is 3.05 bits per heavy atom. The van der Waals surface area contributed by atoms with Crippen molar-refractivity contribution in [2.75, 3.05) is 18.5 Å². The Balaban J connectivity index is 1.78. The van der Waals surface area contributed by atoms with Gasteiger partial charge in [-0.3, -0.25) is 4.79 Å². The molecule has 0 atom stereocenters. The van der Waals surface area contributed by atoms with Gasteiger partial charge in [0.25, 0.3) is 5.91 Å². The van der Waals surface area contributed by atoms with Crippen LogP contribution >= 0.6 is 0 Å². The molecule has 1 aromatic rings. The molecule has 1 aromatic carbocycles. The normalized spacial score (nSPS) is 13.6. The molecule has 0 saturated carbocycles. The molecule has 104 valence electrons. The summed E-state index contributed by atoms with van der Waals surface area (Å²) in [5.74, 6) is 0.670. The second kappa shape index (κ2) is 7.14. The van der Waals surface area contributed by atoms with Gasteiger partial charge in [0.1, 0.15) is 5.75 Å². The van der Waals surface area contributed by atoms with Crippen molar-refractivity contribution in [2.24, 2.45) is 0 Å². The van der Waals surface area contributed by atoms with Crippen molar-refractivity contribution in [1.29, 1.82) is 0 Å². The summed E-state index contributed by atoms with van der Waals surface area (Å²) >= 11 is 0. The average molecular weight is 262 g/mol. The monoisotopic (exact) mass is 262 g/mol. The molecular formula is C15H22N2O2. The third kappa shape index (κ3) is 4.24. The number of carbonyl (C=O) groups is 1. The number of unbranched alkanes of at least 4 members (excludes halogenated alkanes) is 3. The van der Waals surface area contributed by atoms with E-state index >= 15 is 0 Å². The molecule has 4 heteroatoms. The van der Waals surface area contributed by atoms with E-state index in [1.165, 1.54) is 31.2 Å². The number of ether oxygens (including phenoxy) is 1. The SMILES string of the molecule is CCCCCCNCc1ccc2c(c1)NC(=O)CO2. The molecule has 0 spiro atoms. The van der Waals surface area contributed by atoms with Gasteiger partial charge in [0.15, 0.2) is 6.61 Å². The topological polar surface area (TPSA) is 50.4 Å². The summed E-state index contributed by atoms with van der Waals surface area (Å²) in [4.78, 5) is 11.2. The molecule has 1 aliphatic heterocycles. The molecular weight excluding hydrogens is 240 g/mol. The standard InChI is InChI=1S/C15H22N2O2/c1-2-3-4-5-8-16-10-12-6-7-14-13(9-12)17-15(18)11-19-14/h6-7,9,16H,2-5,8,10-11H2,1H3,(H,17,18). The van der Waals surface area contributed by atoms with Crippen LogP contribution in [0.1, 0.15) is 38.2 Å². The Kier molecular flexibility index (Phi) is 5.21. The first-order valence-electron chi connectivity index (χ1n) is 7.06. The maximum Gasteiger partial charge on any atom is 0.262 e. The van der Waals surface area contributed by atoms with E-state index < -0.39 is 0 Å². The van der Waals surface area contributed by atoms with E-state index in [0.717, 1.165) is 24.5 Å². The van der Waals surface area contributed by atoms with Gasteiger partial charge < -0.3 is 15.4 Å². The van der Waals surface area contributed by atoms with Crippen LogP contribution in [0.15, 0.2) is 18.2 Å². The highest BCUT2D eigenvalue weighted by atomic mass is 16.5.